The van der Waals surface area contributed by atoms with Gasteiger partial charge in [0.1, 0.15) is 0 Å². The number of nitrogens with one attached hydrogen (secondary N) is 1. The molecular formula is C14H27N. The van der Waals surface area contributed by atoms with E-state index in [4.69, 9.17) is 0 Å². The smallest absolute Gasteiger partial charge is 0.00696 e. The molecule has 1 N–H and O–H groups in total. The summed E-state index contributed by atoms with van der Waals surface area (Å²) in [6.07, 6.45) is 9.41. The van der Waals surface area contributed by atoms with E-state index in [-0.39, 0.29) is 0 Å². The summed E-state index contributed by atoms with van der Waals surface area (Å²) in [5.74, 6) is 0.893. The molecule has 1 saturated carbocycles. The van der Waals surface area contributed by atoms with Gasteiger partial charge in [0, 0.05) is 6.04 Å². The zero-order chi connectivity index (χ0) is 11.1. The molecule has 1 heteroatoms. The largest absolute Gasteiger partial charge is 0.314 e. The van der Waals surface area contributed by atoms with Crippen LogP contribution in [-0.4, -0.2) is 12.6 Å². The van der Waals surface area contributed by atoms with Crippen LogP contribution in [0.5, 0.6) is 0 Å². The van der Waals surface area contributed by atoms with Gasteiger partial charge in [0.2, 0.25) is 0 Å². The summed E-state index contributed by atoms with van der Waals surface area (Å²) in [6.45, 7) is 9.70. The van der Waals surface area contributed by atoms with Crippen molar-refractivity contribution in [3.05, 3.63) is 12.2 Å². The second kappa shape index (κ2) is 7.05. The van der Waals surface area contributed by atoms with Gasteiger partial charge in [0.15, 0.2) is 0 Å². The molecule has 0 aromatic rings. The van der Waals surface area contributed by atoms with Crippen molar-refractivity contribution in [3.63, 3.8) is 0 Å². The molecule has 1 aliphatic rings. The van der Waals surface area contributed by atoms with Crippen LogP contribution in [-0.2, 0) is 0 Å². The second-order valence-corrected chi connectivity index (χ2v) is 4.95. The molecule has 0 bridgehead atoms. The molecule has 0 aromatic carbocycles. The van der Waals surface area contributed by atoms with Crippen molar-refractivity contribution in [2.75, 3.05) is 6.54 Å². The molecule has 2 unspecified atom stereocenters. The normalized spacial score (nSPS) is 27.3. The van der Waals surface area contributed by atoms with Gasteiger partial charge in [0.25, 0.3) is 0 Å². The molecule has 0 heterocycles. The molecule has 0 saturated heterocycles. The van der Waals surface area contributed by atoms with Crippen LogP contribution in [0.25, 0.3) is 0 Å². The SMILES string of the molecule is C=C(CC)CC1CCCCC(NCC)C1. The van der Waals surface area contributed by atoms with E-state index in [9.17, 15) is 0 Å². The van der Waals surface area contributed by atoms with Gasteiger partial charge in [-0.2, -0.15) is 0 Å². The first-order valence-corrected chi connectivity index (χ1v) is 6.66. The molecule has 2 atom stereocenters. The van der Waals surface area contributed by atoms with Crippen molar-refractivity contribution in [2.24, 2.45) is 5.92 Å². The van der Waals surface area contributed by atoms with Crippen molar-refractivity contribution < 1.29 is 0 Å². The molecule has 0 aliphatic heterocycles. The van der Waals surface area contributed by atoms with Gasteiger partial charge < -0.3 is 5.32 Å². The fourth-order valence-electron chi connectivity index (χ4n) is 2.67. The standard InChI is InChI=1S/C14H27N/c1-4-12(3)10-13-8-6-7-9-14(11-13)15-5-2/h13-15H,3-11H2,1-2H3. The lowest BCUT2D eigenvalue weighted by molar-refractivity contribution is 0.387. The highest BCUT2D eigenvalue weighted by Gasteiger charge is 2.19. The minimum Gasteiger partial charge on any atom is -0.314 e. The summed E-state index contributed by atoms with van der Waals surface area (Å²) in [4.78, 5) is 0. The van der Waals surface area contributed by atoms with Gasteiger partial charge in [-0.1, -0.05) is 45.3 Å². The Hall–Kier alpha value is -0.300. The average Bonchev–Trinajstić information content (AvgIpc) is 2.44. The molecule has 88 valence electrons. The van der Waals surface area contributed by atoms with Crippen LogP contribution in [0.2, 0.25) is 0 Å². The van der Waals surface area contributed by atoms with Crippen LogP contribution in [0, 0.1) is 5.92 Å². The number of allylic oxidation sites excluding steroid dienone is 1. The predicted molar refractivity (Wildman–Crippen MR) is 68.1 cm³/mol. The van der Waals surface area contributed by atoms with E-state index >= 15 is 0 Å². The predicted octanol–water partition coefficient (Wildman–Crippen LogP) is 3.90. The van der Waals surface area contributed by atoms with Crippen LogP contribution >= 0.6 is 0 Å². The van der Waals surface area contributed by atoms with Crippen LogP contribution in [0.4, 0.5) is 0 Å². The van der Waals surface area contributed by atoms with Crippen LogP contribution < -0.4 is 5.32 Å². The number of rotatable bonds is 5. The molecule has 0 aromatic heterocycles. The van der Waals surface area contributed by atoms with E-state index in [1.54, 1.807) is 0 Å². The third kappa shape index (κ3) is 4.83. The first-order chi connectivity index (χ1) is 7.26. The maximum atomic E-state index is 4.15. The molecule has 0 spiro atoms. The van der Waals surface area contributed by atoms with Crippen molar-refractivity contribution in [1.29, 1.82) is 0 Å². The van der Waals surface area contributed by atoms with Crippen molar-refractivity contribution in [1.82, 2.24) is 5.32 Å². The average molecular weight is 209 g/mol. The monoisotopic (exact) mass is 209 g/mol. The third-order valence-electron chi connectivity index (χ3n) is 3.60. The second-order valence-electron chi connectivity index (χ2n) is 4.95. The lowest BCUT2D eigenvalue weighted by atomic mass is 9.90. The number of hydrogen-bond donors (Lipinski definition) is 1. The van der Waals surface area contributed by atoms with Gasteiger partial charge in [0.05, 0.1) is 0 Å². The van der Waals surface area contributed by atoms with E-state index in [0.29, 0.717) is 0 Å². The Morgan fingerprint density at radius 1 is 1.27 bits per heavy atom. The number of hydrogen-bond acceptors (Lipinski definition) is 1. The van der Waals surface area contributed by atoms with Gasteiger partial charge >= 0.3 is 0 Å². The van der Waals surface area contributed by atoms with E-state index < -0.39 is 0 Å². The maximum absolute atomic E-state index is 4.15. The maximum Gasteiger partial charge on any atom is 0.00696 e. The molecular weight excluding hydrogens is 182 g/mol. The molecule has 15 heavy (non-hydrogen) atoms. The van der Waals surface area contributed by atoms with E-state index in [1.807, 2.05) is 0 Å². The van der Waals surface area contributed by atoms with Gasteiger partial charge in [-0.15, -0.1) is 0 Å². The van der Waals surface area contributed by atoms with Crippen LogP contribution in [0.1, 0.15) is 58.8 Å². The summed E-state index contributed by atoms with van der Waals surface area (Å²) >= 11 is 0. The summed E-state index contributed by atoms with van der Waals surface area (Å²) < 4.78 is 0. The van der Waals surface area contributed by atoms with Gasteiger partial charge in [-0.05, 0) is 38.1 Å². The first kappa shape index (κ1) is 12.8. The minimum absolute atomic E-state index is 0.771. The molecule has 0 radical (unpaired) electrons. The lowest BCUT2D eigenvalue weighted by Gasteiger charge is -2.21. The van der Waals surface area contributed by atoms with Crippen molar-refractivity contribution in [3.8, 4) is 0 Å². The van der Waals surface area contributed by atoms with E-state index in [1.165, 1.54) is 44.1 Å². The Balaban J connectivity index is 2.38. The summed E-state index contributed by atoms with van der Waals surface area (Å²) in [5.41, 5.74) is 1.44. The summed E-state index contributed by atoms with van der Waals surface area (Å²) in [5, 5.41) is 3.62. The Bertz CT molecular complexity index is 186. The van der Waals surface area contributed by atoms with Crippen LogP contribution in [0.15, 0.2) is 12.2 Å². The Morgan fingerprint density at radius 2 is 2.00 bits per heavy atom. The Morgan fingerprint density at radius 3 is 2.67 bits per heavy atom. The van der Waals surface area contributed by atoms with Crippen molar-refractivity contribution in [2.45, 2.75) is 64.8 Å². The lowest BCUT2D eigenvalue weighted by Crippen LogP contribution is -2.29. The third-order valence-corrected chi connectivity index (χ3v) is 3.60. The molecule has 1 aliphatic carbocycles. The Kier molecular flexibility index (Phi) is 6.00. The molecule has 1 nitrogen and oxygen atoms in total. The fraction of sp³-hybridized carbons (Fsp3) is 0.857. The quantitative estimate of drug-likeness (QED) is 0.535. The zero-order valence-corrected chi connectivity index (χ0v) is 10.5. The topological polar surface area (TPSA) is 12.0 Å². The summed E-state index contributed by atoms with van der Waals surface area (Å²) in [7, 11) is 0. The van der Waals surface area contributed by atoms with E-state index in [0.717, 1.165) is 24.9 Å². The van der Waals surface area contributed by atoms with E-state index in [2.05, 4.69) is 25.7 Å². The highest BCUT2D eigenvalue weighted by Crippen LogP contribution is 2.28. The first-order valence-electron chi connectivity index (χ1n) is 6.66. The summed E-state index contributed by atoms with van der Waals surface area (Å²) in [6, 6.07) is 0.771. The highest BCUT2D eigenvalue weighted by molar-refractivity contribution is 4.95. The van der Waals surface area contributed by atoms with Gasteiger partial charge in [-0.25, -0.2) is 0 Å². The molecule has 0 amide bonds. The van der Waals surface area contributed by atoms with Crippen LogP contribution in [0.3, 0.4) is 0 Å². The highest BCUT2D eigenvalue weighted by atomic mass is 14.9. The minimum atomic E-state index is 0.771. The van der Waals surface area contributed by atoms with Gasteiger partial charge in [-0.3, -0.25) is 0 Å². The zero-order valence-electron chi connectivity index (χ0n) is 10.5. The molecule has 1 fully saturated rings. The Labute approximate surface area is 95.3 Å². The van der Waals surface area contributed by atoms with Crippen molar-refractivity contribution >= 4 is 0 Å². The fourth-order valence-corrected chi connectivity index (χ4v) is 2.67. The molecule has 1 rings (SSSR count).